The molecular formula is C12H23NO4. The Balaban J connectivity index is 0.00000256. The molecule has 1 N–H and O–H groups in total. The second-order valence-electron chi connectivity index (χ2n) is 5.27. The molecule has 1 heterocycles. The molecule has 0 saturated carbocycles. The van der Waals surface area contributed by atoms with Gasteiger partial charge in [-0.3, -0.25) is 4.79 Å². The van der Waals surface area contributed by atoms with Crippen molar-refractivity contribution in [2.45, 2.75) is 40.7 Å². The number of carbonyl (C=O) groups is 2. The van der Waals surface area contributed by atoms with E-state index in [9.17, 15) is 9.59 Å². The summed E-state index contributed by atoms with van der Waals surface area (Å²) >= 11 is 0. The molecule has 0 radical (unpaired) electrons. The summed E-state index contributed by atoms with van der Waals surface area (Å²) in [6, 6.07) is 0. The molecular weight excluding hydrogens is 222 g/mol. The molecule has 1 fully saturated rings. The number of amides is 1. The van der Waals surface area contributed by atoms with Crippen molar-refractivity contribution in [3.63, 3.8) is 0 Å². The first-order chi connectivity index (χ1) is 7.20. The van der Waals surface area contributed by atoms with Crippen LogP contribution in [-0.2, 0) is 9.53 Å². The van der Waals surface area contributed by atoms with E-state index in [-0.39, 0.29) is 19.4 Å². The number of carbonyl (C=O) groups excluding carboxylic acids is 1. The summed E-state index contributed by atoms with van der Waals surface area (Å²) in [4.78, 5) is 23.8. The van der Waals surface area contributed by atoms with E-state index in [2.05, 4.69) is 0 Å². The van der Waals surface area contributed by atoms with Crippen molar-refractivity contribution in [2.24, 2.45) is 11.8 Å². The van der Waals surface area contributed by atoms with E-state index in [0.717, 1.165) is 0 Å². The first-order valence-corrected chi connectivity index (χ1v) is 5.41. The summed E-state index contributed by atoms with van der Waals surface area (Å²) in [6.45, 7) is 8.04. The van der Waals surface area contributed by atoms with Gasteiger partial charge in [0.1, 0.15) is 5.60 Å². The second-order valence-corrected chi connectivity index (χ2v) is 5.27. The van der Waals surface area contributed by atoms with Crippen LogP contribution in [0.2, 0.25) is 0 Å². The van der Waals surface area contributed by atoms with Crippen molar-refractivity contribution >= 4 is 12.1 Å². The van der Waals surface area contributed by atoms with E-state index in [1.165, 1.54) is 4.90 Å². The summed E-state index contributed by atoms with van der Waals surface area (Å²) < 4.78 is 5.17. The van der Waals surface area contributed by atoms with Crippen molar-refractivity contribution in [1.82, 2.24) is 4.90 Å². The number of hydrogen-bond donors (Lipinski definition) is 1. The standard InChI is InChI=1S/C11H19NO4.CH4/c1-7(9(13)14)8-5-12(6-8)10(15)16-11(2,3)4;/h7-8H,5-6H2,1-4H3,(H,13,14);1H4. The quantitative estimate of drug-likeness (QED) is 0.810. The van der Waals surface area contributed by atoms with E-state index >= 15 is 0 Å². The maximum atomic E-state index is 11.5. The van der Waals surface area contributed by atoms with Gasteiger partial charge in [0.25, 0.3) is 0 Å². The number of carboxylic acid groups (broad SMARTS) is 1. The summed E-state index contributed by atoms with van der Waals surface area (Å²) in [5.41, 5.74) is -0.499. The van der Waals surface area contributed by atoms with Crippen LogP contribution in [0.25, 0.3) is 0 Å². The Morgan fingerprint density at radius 3 is 2.18 bits per heavy atom. The molecule has 0 aromatic heterocycles. The molecule has 1 saturated heterocycles. The highest BCUT2D eigenvalue weighted by Crippen LogP contribution is 2.25. The van der Waals surface area contributed by atoms with Crippen LogP contribution in [0.1, 0.15) is 35.1 Å². The monoisotopic (exact) mass is 245 g/mol. The third-order valence-corrected chi connectivity index (χ3v) is 2.66. The van der Waals surface area contributed by atoms with E-state index in [1.54, 1.807) is 6.92 Å². The van der Waals surface area contributed by atoms with E-state index < -0.39 is 17.5 Å². The van der Waals surface area contributed by atoms with Gasteiger partial charge in [-0.15, -0.1) is 0 Å². The zero-order chi connectivity index (χ0) is 12.5. The molecule has 1 rings (SSSR count). The van der Waals surface area contributed by atoms with Crippen LogP contribution in [0, 0.1) is 11.8 Å². The van der Waals surface area contributed by atoms with Gasteiger partial charge in [-0.2, -0.15) is 0 Å². The SMILES string of the molecule is C.CC(C(=O)O)C1CN(C(=O)OC(C)(C)C)C1. The number of ether oxygens (including phenoxy) is 1. The number of nitrogens with zero attached hydrogens (tertiary/aromatic N) is 1. The van der Waals surface area contributed by atoms with Crippen LogP contribution in [0.3, 0.4) is 0 Å². The van der Waals surface area contributed by atoms with Gasteiger partial charge in [-0.25, -0.2) is 4.79 Å². The molecule has 0 aromatic rings. The lowest BCUT2D eigenvalue weighted by molar-refractivity contribution is -0.145. The average molecular weight is 245 g/mol. The maximum Gasteiger partial charge on any atom is 0.410 e. The topological polar surface area (TPSA) is 66.8 Å². The van der Waals surface area contributed by atoms with Gasteiger partial charge in [0.2, 0.25) is 0 Å². The molecule has 1 unspecified atom stereocenters. The molecule has 1 aliphatic heterocycles. The Kier molecular flexibility index (Phi) is 4.98. The van der Waals surface area contributed by atoms with Gasteiger partial charge >= 0.3 is 12.1 Å². The van der Waals surface area contributed by atoms with Crippen LogP contribution >= 0.6 is 0 Å². The molecule has 0 aromatic carbocycles. The molecule has 1 amide bonds. The van der Waals surface area contributed by atoms with Gasteiger partial charge < -0.3 is 14.7 Å². The molecule has 0 spiro atoms. The Hall–Kier alpha value is -1.26. The Morgan fingerprint density at radius 1 is 1.35 bits per heavy atom. The molecule has 1 aliphatic rings. The van der Waals surface area contributed by atoms with E-state index in [4.69, 9.17) is 9.84 Å². The molecule has 17 heavy (non-hydrogen) atoms. The zero-order valence-electron chi connectivity index (χ0n) is 10.2. The highest BCUT2D eigenvalue weighted by molar-refractivity contribution is 5.72. The maximum absolute atomic E-state index is 11.5. The van der Waals surface area contributed by atoms with Crippen LogP contribution in [-0.4, -0.2) is 40.8 Å². The van der Waals surface area contributed by atoms with E-state index in [1.807, 2.05) is 20.8 Å². The van der Waals surface area contributed by atoms with Crippen molar-refractivity contribution in [3.8, 4) is 0 Å². The first-order valence-electron chi connectivity index (χ1n) is 5.41. The minimum absolute atomic E-state index is 0. The molecule has 5 heteroatoms. The smallest absolute Gasteiger partial charge is 0.410 e. The van der Waals surface area contributed by atoms with E-state index in [0.29, 0.717) is 13.1 Å². The number of carboxylic acids is 1. The number of aliphatic carboxylic acids is 1. The van der Waals surface area contributed by atoms with Crippen molar-refractivity contribution < 1.29 is 19.4 Å². The van der Waals surface area contributed by atoms with Gasteiger partial charge in [0, 0.05) is 19.0 Å². The van der Waals surface area contributed by atoms with Crippen molar-refractivity contribution in [1.29, 1.82) is 0 Å². The number of hydrogen-bond acceptors (Lipinski definition) is 3. The predicted molar refractivity (Wildman–Crippen MR) is 64.8 cm³/mol. The fourth-order valence-electron chi connectivity index (χ4n) is 1.51. The molecule has 100 valence electrons. The molecule has 1 atom stereocenters. The third kappa shape index (κ3) is 4.24. The van der Waals surface area contributed by atoms with Gasteiger partial charge in [-0.1, -0.05) is 14.4 Å². The molecule has 0 aliphatic carbocycles. The lowest BCUT2D eigenvalue weighted by Crippen LogP contribution is -2.54. The minimum atomic E-state index is -0.811. The van der Waals surface area contributed by atoms with Crippen LogP contribution in [0.4, 0.5) is 4.79 Å². The van der Waals surface area contributed by atoms with Crippen LogP contribution in [0.5, 0.6) is 0 Å². The minimum Gasteiger partial charge on any atom is -0.481 e. The highest BCUT2D eigenvalue weighted by Gasteiger charge is 2.38. The summed E-state index contributed by atoms with van der Waals surface area (Å²) in [7, 11) is 0. The Morgan fingerprint density at radius 2 is 1.82 bits per heavy atom. The Labute approximate surface area is 103 Å². The number of likely N-dealkylation sites (tertiary alicyclic amines) is 1. The van der Waals surface area contributed by atoms with Gasteiger partial charge in [0.05, 0.1) is 5.92 Å². The lowest BCUT2D eigenvalue weighted by Gasteiger charge is -2.41. The van der Waals surface area contributed by atoms with Crippen LogP contribution in [0.15, 0.2) is 0 Å². The molecule has 0 bridgehead atoms. The second kappa shape index (κ2) is 5.38. The van der Waals surface area contributed by atoms with Crippen molar-refractivity contribution in [2.75, 3.05) is 13.1 Å². The van der Waals surface area contributed by atoms with Gasteiger partial charge in [0.15, 0.2) is 0 Å². The predicted octanol–water partition coefficient (Wildman–Crippen LogP) is 2.21. The summed E-state index contributed by atoms with van der Waals surface area (Å²) in [5.74, 6) is -1.17. The fraction of sp³-hybridized carbons (Fsp3) is 0.833. The zero-order valence-corrected chi connectivity index (χ0v) is 10.2. The summed E-state index contributed by atoms with van der Waals surface area (Å²) in [6.07, 6.45) is -0.360. The lowest BCUT2D eigenvalue weighted by atomic mass is 9.87. The third-order valence-electron chi connectivity index (χ3n) is 2.66. The fourth-order valence-corrected chi connectivity index (χ4v) is 1.51. The van der Waals surface area contributed by atoms with Crippen LogP contribution < -0.4 is 0 Å². The van der Waals surface area contributed by atoms with Crippen molar-refractivity contribution in [3.05, 3.63) is 0 Å². The average Bonchev–Trinajstić information content (AvgIpc) is 1.96. The largest absolute Gasteiger partial charge is 0.481 e. The first kappa shape index (κ1) is 15.7. The summed E-state index contributed by atoms with van der Waals surface area (Å²) in [5, 5.41) is 8.79. The normalized spacial score (nSPS) is 17.8. The van der Waals surface area contributed by atoms with Gasteiger partial charge in [-0.05, 0) is 20.8 Å². The number of rotatable bonds is 2. The Bertz CT molecular complexity index is 289. The molecule has 5 nitrogen and oxygen atoms in total. The highest BCUT2D eigenvalue weighted by atomic mass is 16.6.